The Kier molecular flexibility index (Phi) is 6.76. The van der Waals surface area contributed by atoms with E-state index in [1.54, 1.807) is 0 Å². The first-order chi connectivity index (χ1) is 23.8. The zero-order valence-corrected chi connectivity index (χ0v) is 26.1. The fourth-order valence-corrected chi connectivity index (χ4v) is 6.64. The lowest BCUT2D eigenvalue weighted by Crippen LogP contribution is -2.09. The van der Waals surface area contributed by atoms with Crippen LogP contribution in [0.25, 0.3) is 61.0 Å². The van der Waals surface area contributed by atoms with E-state index < -0.39 is 0 Å². The van der Waals surface area contributed by atoms with Gasteiger partial charge in [0.25, 0.3) is 0 Å². The fourth-order valence-electron chi connectivity index (χ4n) is 6.64. The number of rotatable bonds is 6. The minimum Gasteiger partial charge on any atom is -0.311 e. The number of hydrogen-bond donors (Lipinski definition) is 0. The van der Waals surface area contributed by atoms with Crippen LogP contribution >= 0.6 is 0 Å². The van der Waals surface area contributed by atoms with Crippen LogP contribution in [-0.2, 0) is 0 Å². The Balaban J connectivity index is 1.13. The molecule has 9 aromatic rings. The molecule has 0 bridgehead atoms. The summed E-state index contributed by atoms with van der Waals surface area (Å²) in [4.78, 5) is 12.5. The molecule has 0 fully saturated rings. The monoisotopic (exact) mass is 614 g/mol. The van der Waals surface area contributed by atoms with E-state index in [0.717, 1.165) is 67.0 Å². The molecule has 0 unspecified atom stereocenters. The second kappa shape index (κ2) is 11.7. The van der Waals surface area contributed by atoms with Gasteiger partial charge in [0.15, 0.2) is 5.65 Å². The van der Waals surface area contributed by atoms with Gasteiger partial charge in [0.2, 0.25) is 0 Å². The number of hydrogen-bond acceptors (Lipinski definition) is 3. The average Bonchev–Trinajstić information content (AvgIpc) is 3.48. The van der Waals surface area contributed by atoms with Crippen LogP contribution in [0.2, 0.25) is 0 Å². The van der Waals surface area contributed by atoms with E-state index in [2.05, 4.69) is 161 Å². The molecule has 0 spiro atoms. The lowest BCUT2D eigenvalue weighted by atomic mass is 10.0. The Morgan fingerprint density at radius 1 is 0.396 bits per heavy atom. The zero-order chi connectivity index (χ0) is 31.9. The van der Waals surface area contributed by atoms with Gasteiger partial charge >= 0.3 is 0 Å². The molecular weight excluding hydrogens is 585 g/mol. The molecule has 0 saturated carbocycles. The van der Waals surface area contributed by atoms with E-state index in [1.165, 1.54) is 11.1 Å². The molecule has 4 nitrogen and oxygen atoms in total. The standard InChI is InChI=1S/C44H30N4/c1-4-12-31(13-5-1)32-20-25-37(26-21-32)47(35-14-6-2-7-15-35)38-27-22-33(23-28-38)34-24-29-42-39(30-34)43-44(48(42)36-16-8-3-9-17-36)46-41-19-11-10-18-40(41)45-43/h1-30H. The molecule has 0 amide bonds. The smallest absolute Gasteiger partial charge is 0.165 e. The number of anilines is 3. The number of fused-ring (bicyclic) bond motifs is 4. The van der Waals surface area contributed by atoms with Crippen LogP contribution in [0.4, 0.5) is 17.1 Å². The molecule has 0 aliphatic heterocycles. The molecule has 4 heteroatoms. The van der Waals surface area contributed by atoms with Gasteiger partial charge in [-0.1, -0.05) is 109 Å². The highest BCUT2D eigenvalue weighted by atomic mass is 15.1. The van der Waals surface area contributed by atoms with Gasteiger partial charge in [-0.15, -0.1) is 0 Å². The molecule has 9 rings (SSSR count). The third-order valence-electron chi connectivity index (χ3n) is 8.98. The summed E-state index contributed by atoms with van der Waals surface area (Å²) in [6.07, 6.45) is 0. The van der Waals surface area contributed by atoms with Gasteiger partial charge in [-0.3, -0.25) is 4.57 Å². The summed E-state index contributed by atoms with van der Waals surface area (Å²) in [5, 5.41) is 1.08. The van der Waals surface area contributed by atoms with Crippen LogP contribution in [0.1, 0.15) is 0 Å². The molecule has 0 aliphatic rings. The third kappa shape index (κ3) is 4.88. The summed E-state index contributed by atoms with van der Waals surface area (Å²) >= 11 is 0. The normalized spacial score (nSPS) is 11.3. The highest BCUT2D eigenvalue weighted by Gasteiger charge is 2.18. The summed E-state index contributed by atoms with van der Waals surface area (Å²) in [6.45, 7) is 0. The van der Waals surface area contributed by atoms with Crippen LogP contribution in [-0.4, -0.2) is 14.5 Å². The molecule has 226 valence electrons. The summed E-state index contributed by atoms with van der Waals surface area (Å²) in [5.74, 6) is 0. The lowest BCUT2D eigenvalue weighted by molar-refractivity contribution is 1.14. The van der Waals surface area contributed by atoms with Crippen molar-refractivity contribution in [2.45, 2.75) is 0 Å². The van der Waals surface area contributed by atoms with Crippen molar-refractivity contribution < 1.29 is 0 Å². The average molecular weight is 615 g/mol. The highest BCUT2D eigenvalue weighted by Crippen LogP contribution is 2.38. The molecule has 0 N–H and O–H groups in total. The molecular formula is C44H30N4. The second-order valence-electron chi connectivity index (χ2n) is 11.9. The predicted octanol–water partition coefficient (Wildman–Crippen LogP) is 11.5. The van der Waals surface area contributed by atoms with Gasteiger partial charge < -0.3 is 4.90 Å². The maximum Gasteiger partial charge on any atom is 0.165 e. The van der Waals surface area contributed by atoms with Crippen molar-refractivity contribution in [3.63, 3.8) is 0 Å². The Bertz CT molecular complexity index is 2520. The van der Waals surface area contributed by atoms with Gasteiger partial charge in [-0.05, 0) is 95.1 Å². The van der Waals surface area contributed by atoms with Crippen molar-refractivity contribution in [2.75, 3.05) is 4.90 Å². The minimum absolute atomic E-state index is 0.860. The van der Waals surface area contributed by atoms with Gasteiger partial charge in [-0.2, -0.15) is 0 Å². The van der Waals surface area contributed by atoms with Crippen LogP contribution in [0.15, 0.2) is 182 Å². The molecule has 0 atom stereocenters. The molecule has 0 aliphatic carbocycles. The largest absolute Gasteiger partial charge is 0.311 e. The van der Waals surface area contributed by atoms with E-state index in [0.29, 0.717) is 0 Å². The van der Waals surface area contributed by atoms with E-state index in [-0.39, 0.29) is 0 Å². The predicted molar refractivity (Wildman–Crippen MR) is 199 cm³/mol. The van der Waals surface area contributed by atoms with Gasteiger partial charge in [-0.25, -0.2) is 9.97 Å². The van der Waals surface area contributed by atoms with Gasteiger partial charge in [0.05, 0.1) is 16.6 Å². The van der Waals surface area contributed by atoms with Crippen LogP contribution in [0.5, 0.6) is 0 Å². The molecule has 7 aromatic carbocycles. The molecule has 2 aromatic heterocycles. The Morgan fingerprint density at radius 3 is 1.52 bits per heavy atom. The number of para-hydroxylation sites is 4. The first kappa shape index (κ1) is 27.8. The van der Waals surface area contributed by atoms with Crippen LogP contribution < -0.4 is 4.90 Å². The quantitative estimate of drug-likeness (QED) is 0.187. The summed E-state index contributed by atoms with van der Waals surface area (Å²) < 4.78 is 2.22. The summed E-state index contributed by atoms with van der Waals surface area (Å²) in [6, 6.07) is 63.8. The SMILES string of the molecule is c1ccc(-c2ccc(N(c3ccccc3)c3ccc(-c4ccc5c(c4)c4nc6ccccc6nc4n5-c4ccccc4)cc3)cc2)cc1. The Labute approximate surface area is 278 Å². The van der Waals surface area contributed by atoms with E-state index in [1.807, 2.05) is 30.3 Å². The lowest BCUT2D eigenvalue weighted by Gasteiger charge is -2.26. The molecule has 48 heavy (non-hydrogen) atoms. The van der Waals surface area contributed by atoms with Crippen molar-refractivity contribution in [3.8, 4) is 27.9 Å². The Morgan fingerprint density at radius 2 is 0.875 bits per heavy atom. The number of aromatic nitrogens is 3. The highest BCUT2D eigenvalue weighted by molar-refractivity contribution is 6.09. The fraction of sp³-hybridized carbons (Fsp3) is 0. The van der Waals surface area contributed by atoms with Crippen molar-refractivity contribution in [3.05, 3.63) is 182 Å². The van der Waals surface area contributed by atoms with E-state index >= 15 is 0 Å². The Hall–Kier alpha value is -6.52. The maximum atomic E-state index is 5.13. The minimum atomic E-state index is 0.860. The van der Waals surface area contributed by atoms with Crippen molar-refractivity contribution in [1.82, 2.24) is 14.5 Å². The van der Waals surface area contributed by atoms with E-state index in [4.69, 9.17) is 9.97 Å². The molecule has 2 heterocycles. The molecule has 0 radical (unpaired) electrons. The van der Waals surface area contributed by atoms with Gasteiger partial charge in [0, 0.05) is 28.1 Å². The summed E-state index contributed by atoms with van der Waals surface area (Å²) in [7, 11) is 0. The van der Waals surface area contributed by atoms with Crippen molar-refractivity contribution >= 4 is 50.2 Å². The maximum absolute atomic E-state index is 5.13. The third-order valence-corrected chi connectivity index (χ3v) is 8.98. The first-order valence-corrected chi connectivity index (χ1v) is 16.2. The van der Waals surface area contributed by atoms with E-state index in [9.17, 15) is 0 Å². The van der Waals surface area contributed by atoms with Crippen molar-refractivity contribution in [2.24, 2.45) is 0 Å². The van der Waals surface area contributed by atoms with Crippen molar-refractivity contribution in [1.29, 1.82) is 0 Å². The van der Waals surface area contributed by atoms with Crippen LogP contribution in [0, 0.1) is 0 Å². The number of nitrogens with zero attached hydrogens (tertiary/aromatic N) is 4. The summed E-state index contributed by atoms with van der Waals surface area (Å²) in [5.41, 5.74) is 13.7. The van der Waals surface area contributed by atoms with Gasteiger partial charge in [0.1, 0.15) is 5.52 Å². The van der Waals surface area contributed by atoms with Crippen LogP contribution in [0.3, 0.4) is 0 Å². The second-order valence-corrected chi connectivity index (χ2v) is 11.9. The molecule has 0 saturated heterocycles. The first-order valence-electron chi connectivity index (χ1n) is 16.2. The topological polar surface area (TPSA) is 34.0 Å². The number of benzene rings is 7. The zero-order valence-electron chi connectivity index (χ0n) is 26.1.